The Kier molecular flexibility index (Phi) is 4.73. The highest BCUT2D eigenvalue weighted by molar-refractivity contribution is 5.79. The predicted octanol–water partition coefficient (Wildman–Crippen LogP) is 0.212. The molecule has 2 N–H and O–H groups in total. The fraction of sp³-hybridized carbons (Fsp3) is 0.857. The first-order chi connectivity index (χ1) is 9.88. The number of carbonyl (C=O) groups is 2. The molecule has 0 aromatic carbocycles. The fourth-order valence-electron chi connectivity index (χ4n) is 2.97. The maximum atomic E-state index is 12.4. The van der Waals surface area contributed by atoms with E-state index >= 15 is 0 Å². The Morgan fingerprint density at radius 3 is 2.71 bits per heavy atom. The summed E-state index contributed by atoms with van der Waals surface area (Å²) in [6, 6.07) is -0.359. The number of rotatable bonds is 3. The number of ether oxygens (including phenoxy) is 1. The number of piperazine rings is 1. The second-order valence-electron chi connectivity index (χ2n) is 6.16. The van der Waals surface area contributed by atoms with E-state index in [-0.39, 0.29) is 19.2 Å². The second-order valence-corrected chi connectivity index (χ2v) is 6.16. The van der Waals surface area contributed by atoms with Crippen molar-refractivity contribution in [2.45, 2.75) is 32.9 Å². The molecular formula is C14H25N3O4. The van der Waals surface area contributed by atoms with Gasteiger partial charge in [-0.1, -0.05) is 6.92 Å². The highest BCUT2D eigenvalue weighted by Gasteiger charge is 2.47. The Morgan fingerprint density at radius 2 is 2.14 bits per heavy atom. The average Bonchev–Trinajstić information content (AvgIpc) is 2.81. The van der Waals surface area contributed by atoms with Crippen molar-refractivity contribution in [3.05, 3.63) is 0 Å². The van der Waals surface area contributed by atoms with Crippen LogP contribution < -0.4 is 5.32 Å². The van der Waals surface area contributed by atoms with E-state index < -0.39 is 17.4 Å². The van der Waals surface area contributed by atoms with Gasteiger partial charge in [-0.25, -0.2) is 4.79 Å². The van der Waals surface area contributed by atoms with Gasteiger partial charge < -0.3 is 20.1 Å². The van der Waals surface area contributed by atoms with Crippen molar-refractivity contribution >= 4 is 12.0 Å². The maximum Gasteiger partial charge on any atom is 0.317 e. The van der Waals surface area contributed by atoms with Crippen molar-refractivity contribution in [2.75, 3.05) is 39.4 Å². The van der Waals surface area contributed by atoms with Gasteiger partial charge in [0.15, 0.2) is 0 Å². The molecule has 0 aromatic heterocycles. The molecule has 0 radical (unpaired) electrons. The largest absolute Gasteiger partial charge is 0.481 e. The third-order valence-corrected chi connectivity index (χ3v) is 4.70. The SMILES string of the molecule is CCN1CCN(C(=O)NC2COCC2(C)C(=O)O)CC1C. The van der Waals surface area contributed by atoms with Crippen LogP contribution in [0.25, 0.3) is 0 Å². The van der Waals surface area contributed by atoms with Crippen molar-refractivity contribution in [1.29, 1.82) is 0 Å². The minimum atomic E-state index is -1.05. The number of nitrogens with zero attached hydrogens (tertiary/aromatic N) is 2. The van der Waals surface area contributed by atoms with E-state index in [0.717, 1.165) is 13.1 Å². The third kappa shape index (κ3) is 3.13. The van der Waals surface area contributed by atoms with Crippen molar-refractivity contribution in [3.8, 4) is 0 Å². The van der Waals surface area contributed by atoms with Crippen LogP contribution in [0.15, 0.2) is 0 Å². The minimum Gasteiger partial charge on any atom is -0.481 e. The number of carboxylic acid groups (broad SMARTS) is 1. The van der Waals surface area contributed by atoms with E-state index in [1.807, 2.05) is 0 Å². The summed E-state index contributed by atoms with van der Waals surface area (Å²) in [4.78, 5) is 27.8. The Balaban J connectivity index is 1.94. The molecule has 0 aliphatic carbocycles. The average molecular weight is 299 g/mol. The van der Waals surface area contributed by atoms with E-state index in [4.69, 9.17) is 4.74 Å². The predicted molar refractivity (Wildman–Crippen MR) is 77.2 cm³/mol. The zero-order chi connectivity index (χ0) is 15.6. The highest BCUT2D eigenvalue weighted by Crippen LogP contribution is 2.28. The summed E-state index contributed by atoms with van der Waals surface area (Å²) in [5.41, 5.74) is -1.05. The summed E-state index contributed by atoms with van der Waals surface area (Å²) in [5.74, 6) is -0.936. The summed E-state index contributed by atoms with van der Waals surface area (Å²) in [7, 11) is 0. The fourth-order valence-corrected chi connectivity index (χ4v) is 2.97. The monoisotopic (exact) mass is 299 g/mol. The number of carboxylic acids is 1. The number of likely N-dealkylation sites (N-methyl/N-ethyl adjacent to an activating group) is 1. The van der Waals surface area contributed by atoms with Gasteiger partial charge in [0.1, 0.15) is 5.41 Å². The number of urea groups is 1. The van der Waals surface area contributed by atoms with Gasteiger partial charge in [0.25, 0.3) is 0 Å². The molecule has 0 bridgehead atoms. The standard InChI is InChI=1S/C14H25N3O4/c1-4-16-5-6-17(7-10(16)2)13(20)15-11-8-21-9-14(11,3)12(18)19/h10-11H,4-9H2,1-3H3,(H,15,20)(H,18,19). The topological polar surface area (TPSA) is 82.1 Å². The quantitative estimate of drug-likeness (QED) is 0.778. The molecule has 120 valence electrons. The van der Waals surface area contributed by atoms with Gasteiger partial charge >= 0.3 is 12.0 Å². The summed E-state index contributed by atoms with van der Waals surface area (Å²) in [6.45, 7) is 9.37. The minimum absolute atomic E-state index is 0.132. The molecule has 2 amide bonds. The Labute approximate surface area is 125 Å². The van der Waals surface area contributed by atoms with Crippen molar-refractivity contribution in [2.24, 2.45) is 5.41 Å². The van der Waals surface area contributed by atoms with Crippen LogP contribution in [-0.2, 0) is 9.53 Å². The molecule has 2 rings (SSSR count). The number of amides is 2. The van der Waals surface area contributed by atoms with Gasteiger partial charge in [0.2, 0.25) is 0 Å². The first kappa shape index (κ1) is 16.0. The lowest BCUT2D eigenvalue weighted by atomic mass is 9.85. The summed E-state index contributed by atoms with van der Waals surface area (Å²) in [6.07, 6.45) is 0. The van der Waals surface area contributed by atoms with Crippen LogP contribution in [0.2, 0.25) is 0 Å². The summed E-state index contributed by atoms with van der Waals surface area (Å²) >= 11 is 0. The molecule has 0 spiro atoms. The molecule has 21 heavy (non-hydrogen) atoms. The highest BCUT2D eigenvalue weighted by atomic mass is 16.5. The molecule has 2 aliphatic rings. The van der Waals surface area contributed by atoms with Crippen LogP contribution in [0.3, 0.4) is 0 Å². The van der Waals surface area contributed by atoms with Gasteiger partial charge in [-0.2, -0.15) is 0 Å². The second kappa shape index (κ2) is 6.19. The number of carbonyl (C=O) groups excluding carboxylic acids is 1. The van der Waals surface area contributed by atoms with Gasteiger partial charge in [0, 0.05) is 25.7 Å². The third-order valence-electron chi connectivity index (χ3n) is 4.70. The first-order valence-corrected chi connectivity index (χ1v) is 7.49. The number of hydrogen-bond acceptors (Lipinski definition) is 4. The van der Waals surface area contributed by atoms with E-state index in [9.17, 15) is 14.7 Å². The van der Waals surface area contributed by atoms with Crippen LogP contribution in [0.1, 0.15) is 20.8 Å². The van der Waals surface area contributed by atoms with Gasteiger partial charge in [-0.3, -0.25) is 9.69 Å². The zero-order valence-corrected chi connectivity index (χ0v) is 13.0. The Bertz CT molecular complexity index is 417. The molecule has 2 heterocycles. The molecule has 7 nitrogen and oxygen atoms in total. The van der Waals surface area contributed by atoms with Crippen LogP contribution in [-0.4, -0.2) is 78.4 Å². The molecule has 2 saturated heterocycles. The lowest BCUT2D eigenvalue weighted by molar-refractivity contribution is -0.148. The molecule has 7 heteroatoms. The lowest BCUT2D eigenvalue weighted by Gasteiger charge is -2.40. The van der Waals surface area contributed by atoms with E-state index in [0.29, 0.717) is 19.1 Å². The van der Waals surface area contributed by atoms with Crippen molar-refractivity contribution in [3.63, 3.8) is 0 Å². The molecule has 2 fully saturated rings. The van der Waals surface area contributed by atoms with Crippen LogP contribution in [0.4, 0.5) is 4.79 Å². The summed E-state index contributed by atoms with van der Waals surface area (Å²) < 4.78 is 5.26. The molecule has 2 aliphatic heterocycles. The van der Waals surface area contributed by atoms with E-state index in [1.165, 1.54) is 0 Å². The molecule has 0 aromatic rings. The van der Waals surface area contributed by atoms with E-state index in [2.05, 4.69) is 24.1 Å². The Morgan fingerprint density at radius 1 is 1.43 bits per heavy atom. The smallest absolute Gasteiger partial charge is 0.317 e. The van der Waals surface area contributed by atoms with E-state index in [1.54, 1.807) is 11.8 Å². The molecular weight excluding hydrogens is 274 g/mol. The van der Waals surface area contributed by atoms with Gasteiger partial charge in [0.05, 0.1) is 19.3 Å². The molecule has 0 saturated carbocycles. The number of hydrogen-bond donors (Lipinski definition) is 2. The maximum absolute atomic E-state index is 12.4. The van der Waals surface area contributed by atoms with Crippen molar-refractivity contribution in [1.82, 2.24) is 15.1 Å². The molecule has 3 unspecified atom stereocenters. The Hall–Kier alpha value is -1.34. The van der Waals surface area contributed by atoms with Gasteiger partial charge in [-0.15, -0.1) is 0 Å². The summed E-state index contributed by atoms with van der Waals surface area (Å²) in [5, 5.41) is 12.2. The van der Waals surface area contributed by atoms with Crippen LogP contribution >= 0.6 is 0 Å². The number of aliphatic carboxylic acids is 1. The first-order valence-electron chi connectivity index (χ1n) is 7.49. The van der Waals surface area contributed by atoms with Crippen LogP contribution in [0.5, 0.6) is 0 Å². The number of nitrogens with one attached hydrogen (secondary N) is 1. The van der Waals surface area contributed by atoms with Crippen molar-refractivity contribution < 1.29 is 19.4 Å². The normalized spacial score (nSPS) is 34.0. The van der Waals surface area contributed by atoms with Gasteiger partial charge in [-0.05, 0) is 20.4 Å². The zero-order valence-electron chi connectivity index (χ0n) is 13.0. The lowest BCUT2D eigenvalue weighted by Crippen LogP contribution is -2.59. The molecule has 3 atom stereocenters. The van der Waals surface area contributed by atoms with Crippen LogP contribution in [0, 0.1) is 5.41 Å².